The third-order valence-corrected chi connectivity index (χ3v) is 6.27. The fourth-order valence-electron chi connectivity index (χ4n) is 2.95. The zero-order valence-corrected chi connectivity index (χ0v) is 16.2. The Morgan fingerprint density at radius 1 is 1.15 bits per heavy atom. The molecule has 9 nitrogen and oxygen atoms in total. The Morgan fingerprint density at radius 2 is 1.81 bits per heavy atom. The first-order valence-corrected chi connectivity index (χ1v) is 10.2. The van der Waals surface area contributed by atoms with Crippen LogP contribution < -0.4 is 5.32 Å². The molecule has 1 aliphatic rings. The normalized spacial score (nSPS) is 16.4. The summed E-state index contributed by atoms with van der Waals surface area (Å²) in [4.78, 5) is 13.5. The van der Waals surface area contributed by atoms with Gasteiger partial charge >= 0.3 is 0 Å². The summed E-state index contributed by atoms with van der Waals surface area (Å²) in [7, 11) is -3.54. The van der Waals surface area contributed by atoms with E-state index in [-0.39, 0.29) is 10.8 Å². The molecule has 1 aromatic carbocycles. The molecule has 0 radical (unpaired) electrons. The van der Waals surface area contributed by atoms with Crippen molar-refractivity contribution < 1.29 is 17.6 Å². The Bertz CT molecular complexity index is 886. The lowest BCUT2D eigenvalue weighted by molar-refractivity contribution is -0.114. The first-order valence-electron chi connectivity index (χ1n) is 8.74. The molecule has 1 aromatic heterocycles. The highest BCUT2D eigenvalue weighted by molar-refractivity contribution is 7.89. The van der Waals surface area contributed by atoms with E-state index in [1.807, 2.05) is 0 Å². The van der Waals surface area contributed by atoms with Crippen LogP contribution in [0.5, 0.6) is 0 Å². The van der Waals surface area contributed by atoms with Crippen molar-refractivity contribution in [3.05, 3.63) is 36.0 Å². The van der Waals surface area contributed by atoms with E-state index >= 15 is 0 Å². The second-order valence-electron chi connectivity index (χ2n) is 6.42. The first kappa shape index (κ1) is 19.5. The van der Waals surface area contributed by atoms with Gasteiger partial charge in [-0.2, -0.15) is 4.31 Å². The van der Waals surface area contributed by atoms with Gasteiger partial charge in [-0.25, -0.2) is 8.42 Å². The molecule has 0 saturated carbocycles. The quantitative estimate of drug-likeness (QED) is 0.776. The number of nitrogens with zero attached hydrogens (tertiary/aromatic N) is 4. The van der Waals surface area contributed by atoms with Crippen molar-refractivity contribution in [2.75, 3.05) is 38.0 Å². The Labute approximate surface area is 158 Å². The Morgan fingerprint density at radius 3 is 2.37 bits per heavy atom. The number of anilines is 1. The van der Waals surface area contributed by atoms with Crippen LogP contribution in [-0.2, 0) is 21.2 Å². The van der Waals surface area contributed by atoms with Crippen molar-refractivity contribution in [2.45, 2.75) is 25.2 Å². The van der Waals surface area contributed by atoms with Crippen LogP contribution >= 0.6 is 0 Å². The minimum atomic E-state index is -3.54. The molecular formula is C17H23N5O4S. The molecule has 1 amide bonds. The van der Waals surface area contributed by atoms with Crippen LogP contribution in [0.25, 0.3) is 0 Å². The molecule has 1 aliphatic heterocycles. The van der Waals surface area contributed by atoms with Crippen LogP contribution in [0.4, 0.5) is 5.69 Å². The second kappa shape index (κ2) is 8.15. The summed E-state index contributed by atoms with van der Waals surface area (Å²) in [6.07, 6.45) is 0.651. The molecule has 0 atom stereocenters. The van der Waals surface area contributed by atoms with E-state index in [0.29, 0.717) is 50.1 Å². The van der Waals surface area contributed by atoms with Gasteiger partial charge in [-0.1, -0.05) is 0 Å². The maximum Gasteiger partial charge on any atom is 0.243 e. The number of carbonyl (C=O) groups is 1. The van der Waals surface area contributed by atoms with Crippen LogP contribution in [-0.4, -0.2) is 66.5 Å². The van der Waals surface area contributed by atoms with Gasteiger partial charge in [-0.05, 0) is 24.3 Å². The lowest BCUT2D eigenvalue weighted by Gasteiger charge is -2.33. The summed E-state index contributed by atoms with van der Waals surface area (Å²) in [5.41, 5.74) is 0.572. The number of aromatic nitrogens is 2. The van der Waals surface area contributed by atoms with Gasteiger partial charge in [0, 0.05) is 58.7 Å². The first-order chi connectivity index (χ1) is 12.8. The van der Waals surface area contributed by atoms with Gasteiger partial charge in [0.25, 0.3) is 0 Å². The van der Waals surface area contributed by atoms with E-state index in [4.69, 9.17) is 4.42 Å². The van der Waals surface area contributed by atoms with Crippen molar-refractivity contribution in [2.24, 2.45) is 0 Å². The number of rotatable bonds is 6. The average molecular weight is 393 g/mol. The average Bonchev–Trinajstić information content (AvgIpc) is 3.06. The molecule has 1 N–H and O–H groups in total. The molecule has 0 aliphatic carbocycles. The number of benzene rings is 1. The third kappa shape index (κ3) is 4.90. The topological polar surface area (TPSA) is 109 Å². The number of hydrogen-bond acceptors (Lipinski definition) is 7. The number of nitrogens with one attached hydrogen (secondary N) is 1. The van der Waals surface area contributed by atoms with Crippen LogP contribution in [0.3, 0.4) is 0 Å². The number of amides is 1. The molecule has 10 heteroatoms. The largest absolute Gasteiger partial charge is 0.426 e. The van der Waals surface area contributed by atoms with E-state index in [0.717, 1.165) is 6.54 Å². The molecule has 0 unspecified atom stereocenters. The smallest absolute Gasteiger partial charge is 0.243 e. The van der Waals surface area contributed by atoms with E-state index < -0.39 is 10.0 Å². The van der Waals surface area contributed by atoms with Crippen molar-refractivity contribution in [1.29, 1.82) is 0 Å². The summed E-state index contributed by atoms with van der Waals surface area (Å²) in [6, 6.07) is 6.23. The Hall–Kier alpha value is -2.30. The van der Waals surface area contributed by atoms with Crippen molar-refractivity contribution in [3.8, 4) is 0 Å². The highest BCUT2D eigenvalue weighted by Gasteiger charge is 2.28. The highest BCUT2D eigenvalue weighted by Crippen LogP contribution is 2.20. The minimum absolute atomic E-state index is 0.197. The van der Waals surface area contributed by atoms with Gasteiger partial charge in [0.1, 0.15) is 0 Å². The summed E-state index contributed by atoms with van der Waals surface area (Å²) < 4.78 is 32.4. The number of aryl methyl sites for hydroxylation is 1. The molecule has 2 heterocycles. The summed E-state index contributed by atoms with van der Waals surface area (Å²) in [5, 5.41) is 10.4. The van der Waals surface area contributed by atoms with E-state index in [1.54, 1.807) is 19.1 Å². The maximum absolute atomic E-state index is 12.8. The van der Waals surface area contributed by atoms with Crippen molar-refractivity contribution in [1.82, 2.24) is 19.4 Å². The predicted molar refractivity (Wildman–Crippen MR) is 98.7 cm³/mol. The monoisotopic (exact) mass is 393 g/mol. The number of carbonyl (C=O) groups excluding carboxylic acids is 1. The van der Waals surface area contributed by atoms with Crippen LogP contribution in [0.1, 0.15) is 18.7 Å². The van der Waals surface area contributed by atoms with Gasteiger partial charge in [-0.3, -0.25) is 4.79 Å². The zero-order chi connectivity index (χ0) is 19.4. The molecular weight excluding hydrogens is 370 g/mol. The number of sulfonamides is 1. The molecule has 1 fully saturated rings. The molecule has 1 saturated heterocycles. The number of piperazine rings is 1. The van der Waals surface area contributed by atoms with Crippen LogP contribution in [0, 0.1) is 6.92 Å². The lowest BCUT2D eigenvalue weighted by Crippen LogP contribution is -2.49. The fourth-order valence-corrected chi connectivity index (χ4v) is 4.37. The van der Waals surface area contributed by atoms with E-state index in [9.17, 15) is 13.2 Å². The molecule has 0 spiro atoms. The molecule has 0 bridgehead atoms. The number of hydrogen-bond donors (Lipinski definition) is 1. The summed E-state index contributed by atoms with van der Waals surface area (Å²) >= 11 is 0. The molecule has 2 aromatic rings. The van der Waals surface area contributed by atoms with Crippen LogP contribution in [0.15, 0.2) is 33.6 Å². The van der Waals surface area contributed by atoms with Gasteiger partial charge in [0.15, 0.2) is 0 Å². The minimum Gasteiger partial charge on any atom is -0.426 e. The third-order valence-electron chi connectivity index (χ3n) is 4.35. The Kier molecular flexibility index (Phi) is 5.88. The summed E-state index contributed by atoms with van der Waals surface area (Å²) in [5.74, 6) is 0.949. The SMILES string of the molecule is CC(=O)Nc1ccc(S(=O)(=O)N2CCN(CCc3nnc(C)o3)CC2)cc1. The van der Waals surface area contributed by atoms with E-state index in [1.165, 1.54) is 23.4 Å². The zero-order valence-electron chi connectivity index (χ0n) is 15.4. The maximum atomic E-state index is 12.8. The highest BCUT2D eigenvalue weighted by atomic mass is 32.2. The van der Waals surface area contributed by atoms with Crippen molar-refractivity contribution in [3.63, 3.8) is 0 Å². The Balaban J connectivity index is 1.55. The lowest BCUT2D eigenvalue weighted by atomic mass is 10.3. The second-order valence-corrected chi connectivity index (χ2v) is 8.35. The van der Waals surface area contributed by atoms with Gasteiger partial charge in [0.05, 0.1) is 4.90 Å². The van der Waals surface area contributed by atoms with Crippen molar-refractivity contribution >= 4 is 21.6 Å². The van der Waals surface area contributed by atoms with Crippen LogP contribution in [0.2, 0.25) is 0 Å². The van der Waals surface area contributed by atoms with Gasteiger partial charge in [0.2, 0.25) is 27.7 Å². The standard InChI is InChI=1S/C17H23N5O4S/c1-13(23)18-15-3-5-16(6-4-15)27(24,25)22-11-9-21(10-12-22)8-7-17-20-19-14(2)26-17/h3-6H,7-12H2,1-2H3,(H,18,23). The van der Waals surface area contributed by atoms with E-state index in [2.05, 4.69) is 20.4 Å². The molecule has 27 heavy (non-hydrogen) atoms. The molecule has 3 rings (SSSR count). The van der Waals surface area contributed by atoms with Gasteiger partial charge in [-0.15, -0.1) is 10.2 Å². The fraction of sp³-hybridized carbons (Fsp3) is 0.471. The molecule has 146 valence electrons. The summed E-state index contributed by atoms with van der Waals surface area (Å²) in [6.45, 7) is 6.07. The predicted octanol–water partition coefficient (Wildman–Crippen LogP) is 0.885. The van der Waals surface area contributed by atoms with Gasteiger partial charge < -0.3 is 14.6 Å².